The smallest absolute Gasteiger partial charge is 0.196 e. The summed E-state index contributed by atoms with van der Waals surface area (Å²) in [5.41, 5.74) is 4.47. The molecule has 5 nitrogen and oxygen atoms in total. The van der Waals surface area contributed by atoms with Crippen molar-refractivity contribution in [3.63, 3.8) is 0 Å². The highest BCUT2D eigenvalue weighted by atomic mass is 35.5. The van der Waals surface area contributed by atoms with Crippen molar-refractivity contribution < 1.29 is 9.53 Å². The minimum absolute atomic E-state index is 0.0187. The van der Waals surface area contributed by atoms with E-state index in [1.54, 1.807) is 0 Å². The predicted molar refractivity (Wildman–Crippen MR) is 150 cm³/mol. The van der Waals surface area contributed by atoms with Gasteiger partial charge in [0, 0.05) is 16.8 Å². The van der Waals surface area contributed by atoms with E-state index >= 15 is 0 Å². The van der Waals surface area contributed by atoms with Crippen molar-refractivity contribution in [1.82, 2.24) is 14.8 Å². The van der Waals surface area contributed by atoms with Gasteiger partial charge in [-0.1, -0.05) is 90.1 Å². The quantitative estimate of drug-likeness (QED) is 0.146. The third-order valence-corrected chi connectivity index (χ3v) is 7.06. The van der Waals surface area contributed by atoms with Crippen molar-refractivity contribution in [2.24, 2.45) is 0 Å². The Morgan fingerprint density at radius 3 is 2.22 bits per heavy atom. The maximum atomic E-state index is 13.0. The number of nitrogens with zero attached hydrogens (tertiary/aromatic N) is 3. The second kappa shape index (κ2) is 11.5. The Hall–Kier alpha value is -3.87. The van der Waals surface area contributed by atoms with Gasteiger partial charge in [-0.3, -0.25) is 9.36 Å². The second-order valence-electron chi connectivity index (χ2n) is 8.20. The number of thioether (sulfide) groups is 1. The Labute approximate surface area is 225 Å². The lowest BCUT2D eigenvalue weighted by molar-refractivity contribution is 0.102. The number of rotatable bonds is 9. The van der Waals surface area contributed by atoms with Crippen molar-refractivity contribution in [2.75, 3.05) is 12.4 Å². The molecular formula is C30H24ClN3O2S. The molecular weight excluding hydrogens is 502 g/mol. The van der Waals surface area contributed by atoms with E-state index in [1.807, 2.05) is 102 Å². The molecule has 0 aliphatic heterocycles. The number of hydrogen-bond donors (Lipinski definition) is 0. The maximum Gasteiger partial charge on any atom is 0.196 e. The SMILES string of the molecule is CCOc1ccc(-n2c(SCC(=O)c3ccc(-c4ccccc4)cc3)nnc2-c2ccccc2Cl)cc1. The largest absolute Gasteiger partial charge is 0.494 e. The highest BCUT2D eigenvalue weighted by Crippen LogP contribution is 2.33. The average Bonchev–Trinajstić information content (AvgIpc) is 3.37. The Balaban J connectivity index is 1.41. The molecule has 5 aromatic rings. The fourth-order valence-electron chi connectivity index (χ4n) is 3.96. The highest BCUT2D eigenvalue weighted by Gasteiger charge is 2.19. The van der Waals surface area contributed by atoms with Crippen LogP contribution in [-0.4, -0.2) is 32.9 Å². The first kappa shape index (κ1) is 24.8. The van der Waals surface area contributed by atoms with Crippen LogP contribution in [0.1, 0.15) is 17.3 Å². The van der Waals surface area contributed by atoms with E-state index in [0.717, 1.165) is 28.1 Å². The summed E-state index contributed by atoms with van der Waals surface area (Å²) in [7, 11) is 0. The fourth-order valence-corrected chi connectivity index (χ4v) is 5.03. The zero-order chi connectivity index (χ0) is 25.6. The first-order valence-corrected chi connectivity index (χ1v) is 13.3. The van der Waals surface area contributed by atoms with E-state index < -0.39 is 0 Å². The third-order valence-electron chi connectivity index (χ3n) is 5.80. The van der Waals surface area contributed by atoms with Gasteiger partial charge in [-0.15, -0.1) is 10.2 Å². The minimum Gasteiger partial charge on any atom is -0.494 e. The van der Waals surface area contributed by atoms with Crippen LogP contribution in [-0.2, 0) is 0 Å². The molecule has 0 bridgehead atoms. The molecule has 0 radical (unpaired) electrons. The van der Waals surface area contributed by atoms with Crippen molar-refractivity contribution in [2.45, 2.75) is 12.1 Å². The molecule has 1 aromatic heterocycles. The lowest BCUT2D eigenvalue weighted by Gasteiger charge is -2.12. The van der Waals surface area contributed by atoms with E-state index in [0.29, 0.717) is 28.2 Å². The van der Waals surface area contributed by atoms with E-state index in [1.165, 1.54) is 11.8 Å². The Bertz CT molecular complexity index is 1500. The molecule has 0 saturated heterocycles. The molecule has 0 saturated carbocycles. The molecule has 0 unspecified atom stereocenters. The number of carbonyl (C=O) groups is 1. The van der Waals surface area contributed by atoms with Crippen LogP contribution in [0.5, 0.6) is 5.75 Å². The normalized spacial score (nSPS) is 10.9. The van der Waals surface area contributed by atoms with Crippen LogP contribution in [0.2, 0.25) is 5.02 Å². The second-order valence-corrected chi connectivity index (χ2v) is 9.55. The zero-order valence-electron chi connectivity index (χ0n) is 20.2. The summed E-state index contributed by atoms with van der Waals surface area (Å²) < 4.78 is 7.52. The van der Waals surface area contributed by atoms with E-state index in [-0.39, 0.29) is 11.5 Å². The van der Waals surface area contributed by atoms with Gasteiger partial charge in [-0.25, -0.2) is 0 Å². The molecule has 5 rings (SSSR count). The number of carbonyl (C=O) groups excluding carboxylic acids is 1. The Morgan fingerprint density at radius 1 is 0.838 bits per heavy atom. The first-order valence-electron chi connectivity index (χ1n) is 11.9. The molecule has 0 atom stereocenters. The fraction of sp³-hybridized carbons (Fsp3) is 0.100. The van der Waals surface area contributed by atoms with Gasteiger partial charge < -0.3 is 4.74 Å². The van der Waals surface area contributed by atoms with E-state index in [2.05, 4.69) is 22.3 Å². The van der Waals surface area contributed by atoms with Crippen LogP contribution < -0.4 is 4.74 Å². The summed E-state index contributed by atoms with van der Waals surface area (Å²) in [6, 6.07) is 33.0. The van der Waals surface area contributed by atoms with E-state index in [9.17, 15) is 4.79 Å². The lowest BCUT2D eigenvalue weighted by atomic mass is 10.0. The number of aromatic nitrogens is 3. The van der Waals surface area contributed by atoms with E-state index in [4.69, 9.17) is 16.3 Å². The van der Waals surface area contributed by atoms with Gasteiger partial charge in [0.1, 0.15) is 5.75 Å². The molecule has 37 heavy (non-hydrogen) atoms. The first-order chi connectivity index (χ1) is 18.1. The lowest BCUT2D eigenvalue weighted by Crippen LogP contribution is -2.05. The van der Waals surface area contributed by atoms with Gasteiger partial charge in [0.2, 0.25) is 0 Å². The molecule has 0 fully saturated rings. The molecule has 0 aliphatic carbocycles. The van der Waals surface area contributed by atoms with Crippen molar-refractivity contribution in [1.29, 1.82) is 0 Å². The van der Waals surface area contributed by atoms with Gasteiger partial charge in [-0.2, -0.15) is 0 Å². The van der Waals surface area contributed by atoms with Gasteiger partial charge in [-0.05, 0) is 54.4 Å². The molecule has 0 spiro atoms. The maximum absolute atomic E-state index is 13.0. The molecule has 4 aromatic carbocycles. The number of Topliss-reactive ketones (excluding diaryl/α,β-unsaturated/α-hetero) is 1. The number of ketones is 1. The van der Waals surface area contributed by atoms with Crippen molar-refractivity contribution in [3.8, 4) is 34.0 Å². The molecule has 7 heteroatoms. The van der Waals surface area contributed by atoms with Gasteiger partial charge in [0.15, 0.2) is 16.8 Å². The van der Waals surface area contributed by atoms with Crippen molar-refractivity contribution in [3.05, 3.63) is 114 Å². The highest BCUT2D eigenvalue weighted by molar-refractivity contribution is 7.99. The molecule has 0 N–H and O–H groups in total. The Morgan fingerprint density at radius 2 is 1.51 bits per heavy atom. The molecule has 0 amide bonds. The monoisotopic (exact) mass is 525 g/mol. The van der Waals surface area contributed by atoms with Crippen molar-refractivity contribution >= 4 is 29.1 Å². The molecule has 1 heterocycles. The standard InChI is InChI=1S/C30H24ClN3O2S/c1-2-36-25-18-16-24(17-19-25)34-29(26-10-6-7-11-27(26)31)32-33-30(34)37-20-28(35)23-14-12-22(13-15-23)21-8-4-3-5-9-21/h3-19H,2,20H2,1H3. The van der Waals surface area contributed by atoms with Crippen LogP contribution in [0.3, 0.4) is 0 Å². The Kier molecular flexibility index (Phi) is 7.68. The number of hydrogen-bond acceptors (Lipinski definition) is 5. The van der Waals surface area contributed by atoms with Gasteiger partial charge in [0.25, 0.3) is 0 Å². The van der Waals surface area contributed by atoms with Crippen LogP contribution >= 0.6 is 23.4 Å². The summed E-state index contributed by atoms with van der Waals surface area (Å²) in [6.45, 7) is 2.54. The topological polar surface area (TPSA) is 57.0 Å². The third kappa shape index (κ3) is 5.61. The summed E-state index contributed by atoms with van der Waals surface area (Å²) in [5.74, 6) is 1.63. The number of halogens is 1. The summed E-state index contributed by atoms with van der Waals surface area (Å²) in [5, 5.41) is 10.0. The summed E-state index contributed by atoms with van der Waals surface area (Å²) in [6.07, 6.45) is 0. The summed E-state index contributed by atoms with van der Waals surface area (Å²) in [4.78, 5) is 13.0. The average molecular weight is 526 g/mol. The van der Waals surface area contributed by atoms with Crippen LogP contribution in [0.15, 0.2) is 108 Å². The zero-order valence-corrected chi connectivity index (χ0v) is 21.7. The minimum atomic E-state index is 0.0187. The molecule has 184 valence electrons. The molecule has 0 aliphatic rings. The predicted octanol–water partition coefficient (Wildman–Crippen LogP) is 7.63. The number of benzene rings is 4. The van der Waals surface area contributed by atoms with Gasteiger partial charge in [0.05, 0.1) is 17.4 Å². The van der Waals surface area contributed by atoms with Crippen LogP contribution in [0.4, 0.5) is 0 Å². The van der Waals surface area contributed by atoms with Crippen LogP contribution in [0.25, 0.3) is 28.2 Å². The van der Waals surface area contributed by atoms with Crippen LogP contribution in [0, 0.1) is 0 Å². The van der Waals surface area contributed by atoms with Gasteiger partial charge >= 0.3 is 0 Å². The number of ether oxygens (including phenoxy) is 1. The summed E-state index contributed by atoms with van der Waals surface area (Å²) >= 11 is 7.84.